The van der Waals surface area contributed by atoms with Crippen molar-refractivity contribution < 1.29 is 13.9 Å². The van der Waals surface area contributed by atoms with Gasteiger partial charge in [-0.3, -0.25) is 4.79 Å². The molecule has 0 spiro atoms. The Morgan fingerprint density at radius 3 is 2.68 bits per heavy atom. The molecule has 0 unspecified atom stereocenters. The number of nitrogens with zero attached hydrogens (tertiary/aromatic N) is 3. The molecule has 1 aliphatic rings. The third-order valence-corrected chi connectivity index (χ3v) is 4.55. The molecule has 0 radical (unpaired) electrons. The first-order chi connectivity index (χ1) is 13.5. The van der Waals surface area contributed by atoms with Crippen molar-refractivity contribution in [1.82, 2.24) is 14.8 Å². The highest BCUT2D eigenvalue weighted by molar-refractivity contribution is 6.07. The summed E-state index contributed by atoms with van der Waals surface area (Å²) < 4.78 is 19.6. The van der Waals surface area contributed by atoms with Crippen LogP contribution < -0.4 is 11.1 Å². The number of benzene rings is 1. The zero-order chi connectivity index (χ0) is 20.1. The number of halogens is 1. The van der Waals surface area contributed by atoms with Crippen molar-refractivity contribution in [3.63, 3.8) is 0 Å². The lowest BCUT2D eigenvalue weighted by molar-refractivity contribution is 0.102. The fourth-order valence-electron chi connectivity index (χ4n) is 2.89. The smallest absolute Gasteiger partial charge is 0.257 e. The van der Waals surface area contributed by atoms with Gasteiger partial charge in [-0.2, -0.15) is 5.10 Å². The van der Waals surface area contributed by atoms with Gasteiger partial charge in [0, 0.05) is 36.5 Å². The van der Waals surface area contributed by atoms with E-state index in [4.69, 9.17) is 10.5 Å². The molecule has 1 aromatic carbocycles. The van der Waals surface area contributed by atoms with Gasteiger partial charge in [0.1, 0.15) is 5.82 Å². The van der Waals surface area contributed by atoms with Crippen LogP contribution in [0.3, 0.4) is 0 Å². The van der Waals surface area contributed by atoms with Crippen LogP contribution in [0.5, 0.6) is 0 Å². The minimum Gasteiger partial charge on any atom is -0.380 e. The minimum absolute atomic E-state index is 0.275. The van der Waals surface area contributed by atoms with Crippen LogP contribution in [0.4, 0.5) is 10.1 Å². The first-order valence-corrected chi connectivity index (χ1v) is 9.21. The molecule has 0 bridgehead atoms. The topological polar surface area (TPSA) is 95.1 Å². The third kappa shape index (κ3) is 4.52. The van der Waals surface area contributed by atoms with Crippen molar-refractivity contribution in [1.29, 1.82) is 0 Å². The van der Waals surface area contributed by atoms with E-state index in [0.717, 1.165) is 42.8 Å². The molecule has 1 fully saturated rings. The molecule has 7 nitrogen and oxygen atoms in total. The number of carbonyl (C=O) groups is 1. The van der Waals surface area contributed by atoms with Crippen LogP contribution in [0.1, 0.15) is 29.3 Å². The maximum Gasteiger partial charge on any atom is 0.257 e. The Morgan fingerprint density at radius 2 is 2.11 bits per heavy atom. The summed E-state index contributed by atoms with van der Waals surface area (Å²) >= 11 is 0. The van der Waals surface area contributed by atoms with Gasteiger partial charge in [-0.1, -0.05) is 0 Å². The van der Waals surface area contributed by atoms with E-state index in [1.807, 2.05) is 13.8 Å². The first-order valence-electron chi connectivity index (χ1n) is 9.21. The van der Waals surface area contributed by atoms with Gasteiger partial charge in [-0.05, 0) is 50.1 Å². The van der Waals surface area contributed by atoms with Crippen molar-refractivity contribution >= 4 is 22.6 Å². The fourth-order valence-corrected chi connectivity index (χ4v) is 2.89. The van der Waals surface area contributed by atoms with Gasteiger partial charge in [-0.25, -0.2) is 14.1 Å². The number of aromatic nitrogens is 3. The van der Waals surface area contributed by atoms with Crippen LogP contribution in [0, 0.1) is 12.7 Å². The van der Waals surface area contributed by atoms with Gasteiger partial charge in [-0.15, -0.1) is 0 Å². The lowest BCUT2D eigenvalue weighted by atomic mass is 10.1. The summed E-state index contributed by atoms with van der Waals surface area (Å²) in [5, 5.41) is 7.84. The summed E-state index contributed by atoms with van der Waals surface area (Å²) in [5.41, 5.74) is 8.01. The number of fused-ring (bicyclic) bond motifs is 1. The summed E-state index contributed by atoms with van der Waals surface area (Å²) in [4.78, 5) is 16.7. The molecule has 3 aromatic rings. The monoisotopic (exact) mass is 385 g/mol. The normalized spacial score (nSPS) is 15.9. The Bertz CT molecular complexity index is 949. The van der Waals surface area contributed by atoms with Crippen molar-refractivity contribution in [2.75, 3.05) is 18.5 Å². The number of rotatable bonds is 3. The minimum atomic E-state index is -0.343. The van der Waals surface area contributed by atoms with Crippen molar-refractivity contribution in [2.45, 2.75) is 32.9 Å². The average molecular weight is 385 g/mol. The molecule has 28 heavy (non-hydrogen) atoms. The van der Waals surface area contributed by atoms with Crippen LogP contribution in [-0.2, 0) is 11.3 Å². The lowest BCUT2D eigenvalue weighted by Gasteiger charge is -2.08. The summed E-state index contributed by atoms with van der Waals surface area (Å²) in [5.74, 6) is -0.619. The molecule has 3 N–H and O–H groups in total. The van der Waals surface area contributed by atoms with Crippen LogP contribution in [-0.4, -0.2) is 39.9 Å². The molecule has 0 aliphatic carbocycles. The van der Waals surface area contributed by atoms with E-state index in [9.17, 15) is 9.18 Å². The summed E-state index contributed by atoms with van der Waals surface area (Å²) in [7, 11) is 0. The molecule has 4 rings (SSSR count). The molecule has 3 heterocycles. The molecule has 1 amide bonds. The molecule has 148 valence electrons. The molecular weight excluding hydrogens is 361 g/mol. The van der Waals surface area contributed by atoms with E-state index in [1.165, 1.54) is 24.3 Å². The number of nitrogens with one attached hydrogen (secondary N) is 1. The quantitative estimate of drug-likeness (QED) is 0.723. The molecule has 8 heteroatoms. The average Bonchev–Trinajstić information content (AvgIpc) is 3.33. The van der Waals surface area contributed by atoms with Crippen molar-refractivity contribution in [3.05, 3.63) is 53.6 Å². The summed E-state index contributed by atoms with van der Waals surface area (Å²) in [6.07, 6.45) is 4.31. The highest BCUT2D eigenvalue weighted by atomic mass is 19.1. The van der Waals surface area contributed by atoms with Crippen molar-refractivity contribution in [2.24, 2.45) is 5.73 Å². The number of hydrogen-bond acceptors (Lipinski definition) is 5. The number of anilines is 1. The highest BCUT2D eigenvalue weighted by Crippen LogP contribution is 2.20. The Kier molecular flexibility index (Phi) is 6.33. The standard InChI is InChI=1S/C16H15FN4O.C4H9NO/c1-3-21-15-13(9-19-21)10(2)14(8-18-15)16(22)20-12-6-4-11(17)5-7-12;5-4-1-2-6-3-4/h4-9H,3H2,1-2H3,(H,20,22);4H,1-3,5H2/t;4-/m.0/s1. The van der Waals surface area contributed by atoms with Crippen LogP contribution in [0.15, 0.2) is 36.7 Å². The van der Waals surface area contributed by atoms with E-state index in [1.54, 1.807) is 17.1 Å². The summed E-state index contributed by atoms with van der Waals surface area (Å²) in [6.45, 7) is 6.20. The largest absolute Gasteiger partial charge is 0.380 e. The molecule has 0 saturated carbocycles. The zero-order valence-electron chi connectivity index (χ0n) is 16.0. The predicted molar refractivity (Wildman–Crippen MR) is 106 cm³/mol. The second-order valence-corrected chi connectivity index (χ2v) is 6.58. The number of nitrogens with two attached hydrogens (primary N) is 1. The van der Waals surface area contributed by atoms with Crippen LogP contribution in [0.2, 0.25) is 0 Å². The van der Waals surface area contributed by atoms with Gasteiger partial charge in [0.05, 0.1) is 18.4 Å². The van der Waals surface area contributed by atoms with Crippen molar-refractivity contribution in [3.8, 4) is 0 Å². The van der Waals surface area contributed by atoms with E-state index in [0.29, 0.717) is 17.3 Å². The first kappa shape index (κ1) is 19.9. The Labute approximate surface area is 162 Å². The van der Waals surface area contributed by atoms with Gasteiger partial charge in [0.15, 0.2) is 5.65 Å². The van der Waals surface area contributed by atoms with Crippen LogP contribution >= 0.6 is 0 Å². The van der Waals surface area contributed by atoms with E-state index in [2.05, 4.69) is 15.4 Å². The Hall–Kier alpha value is -2.84. The maximum absolute atomic E-state index is 12.9. The third-order valence-electron chi connectivity index (χ3n) is 4.55. The SMILES string of the molecule is CCn1ncc2c(C)c(C(=O)Nc3ccc(F)cc3)cnc21.N[C@H]1CCOC1. The maximum atomic E-state index is 12.9. The molecule has 1 atom stereocenters. The van der Waals surface area contributed by atoms with E-state index < -0.39 is 0 Å². The van der Waals surface area contributed by atoms with E-state index in [-0.39, 0.29) is 11.7 Å². The lowest BCUT2D eigenvalue weighted by Crippen LogP contribution is -2.18. The molecular formula is C20H24FN5O2. The molecule has 1 aliphatic heterocycles. The zero-order valence-corrected chi connectivity index (χ0v) is 16.0. The summed E-state index contributed by atoms with van der Waals surface area (Å²) in [6, 6.07) is 5.96. The predicted octanol–water partition coefficient (Wildman–Crippen LogP) is 2.89. The van der Waals surface area contributed by atoms with Gasteiger partial charge < -0.3 is 15.8 Å². The molecule has 1 saturated heterocycles. The Morgan fingerprint density at radius 1 is 1.36 bits per heavy atom. The number of aryl methyl sites for hydroxylation is 2. The number of hydrogen-bond donors (Lipinski definition) is 2. The van der Waals surface area contributed by atoms with Crippen LogP contribution in [0.25, 0.3) is 11.0 Å². The second kappa shape index (κ2) is 8.90. The number of carbonyl (C=O) groups excluding carboxylic acids is 1. The Balaban J connectivity index is 0.000000320. The van der Waals surface area contributed by atoms with E-state index >= 15 is 0 Å². The number of amides is 1. The van der Waals surface area contributed by atoms with Gasteiger partial charge >= 0.3 is 0 Å². The number of pyridine rings is 1. The van der Waals surface area contributed by atoms with Gasteiger partial charge in [0.2, 0.25) is 0 Å². The second-order valence-electron chi connectivity index (χ2n) is 6.58. The van der Waals surface area contributed by atoms with Gasteiger partial charge in [0.25, 0.3) is 5.91 Å². The number of ether oxygens (including phenoxy) is 1. The molecule has 2 aromatic heterocycles. The highest BCUT2D eigenvalue weighted by Gasteiger charge is 2.15. The fraction of sp³-hybridized carbons (Fsp3) is 0.350.